The number of rotatable bonds is 7. The lowest BCUT2D eigenvalue weighted by molar-refractivity contribution is -0.690. The van der Waals surface area contributed by atoms with Crippen LogP contribution in [0.4, 0.5) is 87.8 Å². The first-order valence-electron chi connectivity index (χ1n) is 16.6. The molecule has 1 aromatic heterocycles. The quantitative estimate of drug-likeness (QED) is 0.0297. The third-order valence-electron chi connectivity index (χ3n) is 9.35. The first-order chi connectivity index (χ1) is 29.7. The Bertz CT molecular complexity index is 2500. The van der Waals surface area contributed by atoms with Crippen molar-refractivity contribution in [3.63, 3.8) is 0 Å². The maximum atomic E-state index is 15.4. The van der Waals surface area contributed by atoms with Gasteiger partial charge in [0, 0.05) is 17.7 Å². The zero-order valence-electron chi connectivity index (χ0n) is 30.0. The van der Waals surface area contributed by atoms with Gasteiger partial charge in [0.05, 0.1) is 0 Å². The lowest BCUT2D eigenvalue weighted by Crippen LogP contribution is -2.81. The van der Waals surface area contributed by atoms with E-state index in [0.717, 1.165) is 0 Å². The Morgan fingerprint density at radius 1 is 0.391 bits per heavy atom. The van der Waals surface area contributed by atoms with E-state index in [2.05, 4.69) is 0 Å². The van der Waals surface area contributed by atoms with Crippen molar-refractivity contribution >= 4 is 68.6 Å². The van der Waals surface area contributed by atoms with Crippen LogP contribution in [0.3, 0.4) is 0 Å². The number of carbonyl (C=O) groups is 1. The van der Waals surface area contributed by atoms with Crippen LogP contribution in [0.15, 0.2) is 54.7 Å². The average molecular weight is 995 g/mol. The number of nitrogens with zero attached hydrogens (tertiary/aromatic N) is 1. The highest BCUT2D eigenvalue weighted by molar-refractivity contribution is 7.20. The second-order valence-corrected chi connectivity index (χ2v) is 15.1. The Labute approximate surface area is 357 Å². The number of aromatic nitrogens is 1. The van der Waals surface area contributed by atoms with Gasteiger partial charge >= 0.3 is 0 Å². The van der Waals surface area contributed by atoms with Gasteiger partial charge in [0.25, 0.3) is 3.79 Å². The van der Waals surface area contributed by atoms with Crippen LogP contribution < -0.4 is 26.4 Å². The fraction of sp³-hybridized carbons (Fsp3) is 0.0526. The van der Waals surface area contributed by atoms with Crippen molar-refractivity contribution in [2.45, 2.75) is 10.3 Å². The van der Waals surface area contributed by atoms with Crippen molar-refractivity contribution < 1.29 is 97.2 Å². The highest BCUT2D eigenvalue weighted by Gasteiger charge is 2.52. The highest BCUT2D eigenvalue weighted by Crippen LogP contribution is 2.36. The smallest absolute Gasteiger partial charge is 0.275 e. The van der Waals surface area contributed by atoms with Crippen molar-refractivity contribution in [1.29, 1.82) is 0 Å². The summed E-state index contributed by atoms with van der Waals surface area (Å²) >= 11 is 17.7. The Hall–Kier alpha value is -5.55. The van der Waals surface area contributed by atoms with Gasteiger partial charge in [-0.1, -0.05) is 65.1 Å². The van der Waals surface area contributed by atoms with Gasteiger partial charge in [-0.15, -0.1) is 21.9 Å². The average Bonchev–Trinajstić information content (AvgIpc) is 3.26. The molecule has 0 spiro atoms. The van der Waals surface area contributed by atoms with Crippen LogP contribution >= 0.6 is 34.8 Å². The van der Waals surface area contributed by atoms with E-state index in [-0.39, 0.29) is 12.3 Å². The SMILES string of the molecule is Fc1c(F)c(F)c([B-](c2c(F)c(F)c(F)c(F)c2F)(c2c(F)c(F)c(F)c(F)c2F)c2c(F)c(F)c(F)c(F)c2F)c(F)c1F.O=C(C[n+]1ccccc1C(Cl)(Cl)Cl)c1ccccc1. The Morgan fingerprint density at radius 3 is 0.906 bits per heavy atom. The summed E-state index contributed by atoms with van der Waals surface area (Å²) in [6.07, 6.45) is -5.50. The number of benzene rings is 5. The van der Waals surface area contributed by atoms with Gasteiger partial charge in [-0.3, -0.25) is 4.79 Å². The van der Waals surface area contributed by atoms with Gasteiger partial charge in [0.2, 0.25) is 18.0 Å². The second-order valence-electron chi connectivity index (χ2n) is 12.8. The Kier molecular flexibility index (Phi) is 14.0. The normalized spacial score (nSPS) is 11.8. The summed E-state index contributed by atoms with van der Waals surface area (Å²) in [5, 5.41) is 0. The van der Waals surface area contributed by atoms with Crippen LogP contribution in [0.2, 0.25) is 0 Å². The predicted molar refractivity (Wildman–Crippen MR) is 186 cm³/mol. The minimum atomic E-state index is -7.22. The maximum absolute atomic E-state index is 15.4. The molecule has 338 valence electrons. The third kappa shape index (κ3) is 7.98. The lowest BCUT2D eigenvalue weighted by Gasteiger charge is -2.44. The summed E-state index contributed by atoms with van der Waals surface area (Å²) in [6.45, 7) is 0.133. The van der Waals surface area contributed by atoms with Crippen molar-refractivity contribution in [3.05, 3.63) is 182 Å². The molecule has 0 aliphatic heterocycles. The van der Waals surface area contributed by atoms with E-state index in [0.29, 0.717) is 11.3 Å². The monoisotopic (exact) mass is 993 g/mol. The van der Waals surface area contributed by atoms with Gasteiger partial charge in [-0.25, -0.2) is 87.8 Å². The van der Waals surface area contributed by atoms with Gasteiger partial charge in [-0.05, 0) is 6.07 Å². The van der Waals surface area contributed by atoms with E-state index >= 15 is 35.1 Å². The van der Waals surface area contributed by atoms with Crippen LogP contribution in [0, 0.1) is 116 Å². The molecule has 5 aromatic carbocycles. The summed E-state index contributed by atoms with van der Waals surface area (Å²) in [4.78, 5) is 12.1. The number of hydrogen-bond acceptors (Lipinski definition) is 1. The summed E-state index contributed by atoms with van der Waals surface area (Å²) in [5.74, 6) is -71.4. The van der Waals surface area contributed by atoms with E-state index in [9.17, 15) is 57.5 Å². The van der Waals surface area contributed by atoms with Gasteiger partial charge in [0.1, 0.15) is 52.7 Å². The number of ketones is 1. The zero-order valence-corrected chi connectivity index (χ0v) is 32.3. The lowest BCUT2D eigenvalue weighted by atomic mass is 9.12. The number of alkyl halides is 3. The van der Waals surface area contributed by atoms with Crippen LogP contribution in [0.5, 0.6) is 0 Å². The van der Waals surface area contributed by atoms with Crippen LogP contribution in [-0.4, -0.2) is 11.9 Å². The summed E-state index contributed by atoms with van der Waals surface area (Å²) in [6, 6.07) is 14.3. The molecule has 0 saturated carbocycles. The molecule has 26 heteroatoms. The molecule has 0 radical (unpaired) electrons. The number of Topliss-reactive ketones (excluding diaryl/α,β-unsaturated/α-hetero) is 1. The van der Waals surface area contributed by atoms with E-state index in [4.69, 9.17) is 34.8 Å². The molecule has 0 unspecified atom stereocenters. The van der Waals surface area contributed by atoms with Crippen molar-refractivity contribution in [2.24, 2.45) is 0 Å². The van der Waals surface area contributed by atoms with Crippen LogP contribution in [-0.2, 0) is 10.3 Å². The fourth-order valence-electron chi connectivity index (χ4n) is 6.62. The van der Waals surface area contributed by atoms with Gasteiger partial charge < -0.3 is 0 Å². The molecule has 64 heavy (non-hydrogen) atoms. The zero-order chi connectivity index (χ0) is 48.2. The fourth-order valence-corrected chi connectivity index (χ4v) is 7.13. The third-order valence-corrected chi connectivity index (χ3v) is 9.93. The van der Waals surface area contributed by atoms with Crippen LogP contribution in [0.25, 0.3) is 0 Å². The van der Waals surface area contributed by atoms with Crippen molar-refractivity contribution in [2.75, 3.05) is 0 Å². The minimum absolute atomic E-state index is 0.0349. The largest absolute Gasteiger partial charge is 0.287 e. The Morgan fingerprint density at radius 2 is 0.641 bits per heavy atom. The molecule has 1 heterocycles. The molecule has 0 amide bonds. The molecule has 2 nitrogen and oxygen atoms in total. The first kappa shape index (κ1) is 49.5. The number of halogens is 23. The van der Waals surface area contributed by atoms with Gasteiger partial charge in [-0.2, -0.15) is 4.57 Å². The summed E-state index contributed by atoms with van der Waals surface area (Å²) < 4.78 is 294. The molecular weight excluding hydrogens is 984 g/mol. The Balaban J connectivity index is 0.000000337. The molecule has 0 aliphatic rings. The maximum Gasteiger partial charge on any atom is 0.275 e. The predicted octanol–water partition coefficient (Wildman–Crippen LogP) is 9.53. The van der Waals surface area contributed by atoms with E-state index in [1.54, 1.807) is 41.1 Å². The molecule has 6 rings (SSSR count). The highest BCUT2D eigenvalue weighted by atomic mass is 35.6. The van der Waals surface area contributed by atoms with Crippen LogP contribution in [0.1, 0.15) is 16.1 Å². The van der Waals surface area contributed by atoms with Gasteiger partial charge in [0.15, 0.2) is 76.0 Å². The summed E-state index contributed by atoms with van der Waals surface area (Å²) in [7, 11) is 0. The number of hydrogen-bond donors (Lipinski definition) is 0. The van der Waals surface area contributed by atoms with E-state index in [1.165, 1.54) is 0 Å². The summed E-state index contributed by atoms with van der Waals surface area (Å²) in [5.41, 5.74) is -13.2. The number of pyridine rings is 1. The molecule has 0 bridgehead atoms. The molecular formula is C38H11BCl3F20NO. The molecule has 6 aromatic rings. The second kappa shape index (κ2) is 18.1. The van der Waals surface area contributed by atoms with Crippen molar-refractivity contribution in [3.8, 4) is 0 Å². The molecule has 0 saturated heterocycles. The number of carbonyl (C=O) groups excluding carboxylic acids is 1. The first-order valence-corrected chi connectivity index (χ1v) is 17.7. The topological polar surface area (TPSA) is 20.9 Å². The molecule has 0 fully saturated rings. The molecule has 0 N–H and O–H groups in total. The minimum Gasteiger partial charge on any atom is -0.287 e. The van der Waals surface area contributed by atoms with E-state index in [1.807, 2.05) is 18.2 Å². The molecule has 0 aliphatic carbocycles. The van der Waals surface area contributed by atoms with Crippen molar-refractivity contribution in [1.82, 2.24) is 0 Å². The van der Waals surface area contributed by atoms with E-state index < -0.39 is 148 Å². The molecule has 0 atom stereocenters. The standard InChI is InChI=1S/C24BF20.C14H11Cl3NO/c26-5-1(6(27)14(35)21(42)13(5)34)25(2-7(28)15(36)22(43)16(37)8(2)29,3-9(30)17(38)23(44)18(39)10(3)31)4-11(32)19(40)24(45)20(41)12(4)33;15-14(16,17)13-8-4-5-9-18(13)10-12(19)11-6-2-1-3-7-11/h;1-9H,10H2/q-1;+1.